The molecule has 26 heavy (non-hydrogen) atoms. The summed E-state index contributed by atoms with van der Waals surface area (Å²) in [4.78, 5) is 25.3. The van der Waals surface area contributed by atoms with Gasteiger partial charge in [0.1, 0.15) is 5.75 Å². The fourth-order valence-electron chi connectivity index (χ4n) is 2.80. The lowest BCUT2D eigenvalue weighted by Gasteiger charge is -2.11. The summed E-state index contributed by atoms with van der Waals surface area (Å²) in [6.07, 6.45) is 1.83. The monoisotopic (exact) mass is 347 g/mol. The maximum atomic E-state index is 12.8. The summed E-state index contributed by atoms with van der Waals surface area (Å²) in [5.41, 5.74) is 1.71. The summed E-state index contributed by atoms with van der Waals surface area (Å²) in [6, 6.07) is 15.5. The van der Waals surface area contributed by atoms with Gasteiger partial charge in [0.05, 0.1) is 13.2 Å². The van der Waals surface area contributed by atoms with E-state index in [9.17, 15) is 14.9 Å². The second kappa shape index (κ2) is 7.11. The second-order valence-electron chi connectivity index (χ2n) is 5.81. The van der Waals surface area contributed by atoms with Crippen molar-refractivity contribution in [3.63, 3.8) is 0 Å². The molecule has 3 aromatic rings. The number of Topliss-reactive ketones (excluding diaryl/α,β-unsaturated/α-hetero) is 1. The molecule has 3 rings (SSSR count). The van der Waals surface area contributed by atoms with E-state index in [1.807, 2.05) is 29.9 Å². The Hall–Kier alpha value is -3.59. The summed E-state index contributed by atoms with van der Waals surface area (Å²) in [5.74, 6) is -1.96. The minimum absolute atomic E-state index is 0.361. The average molecular weight is 347 g/mol. The Balaban J connectivity index is 1.86. The molecule has 1 amide bonds. The highest BCUT2D eigenvalue weighted by atomic mass is 16.5. The Morgan fingerprint density at radius 1 is 1.15 bits per heavy atom. The van der Waals surface area contributed by atoms with Crippen LogP contribution in [-0.2, 0) is 11.8 Å². The molecule has 0 aliphatic heterocycles. The van der Waals surface area contributed by atoms with Crippen molar-refractivity contribution in [2.24, 2.45) is 13.0 Å². The number of ether oxygens (including phenoxy) is 1. The molecule has 0 aliphatic rings. The molecule has 0 saturated carbocycles. The summed E-state index contributed by atoms with van der Waals surface area (Å²) in [5, 5.41) is 12.7. The minimum Gasteiger partial charge on any atom is -0.497 e. The van der Waals surface area contributed by atoms with Crippen molar-refractivity contribution >= 4 is 28.3 Å². The van der Waals surface area contributed by atoms with Gasteiger partial charge in [-0.3, -0.25) is 9.59 Å². The lowest BCUT2D eigenvalue weighted by molar-refractivity contribution is -0.117. The highest BCUT2D eigenvalue weighted by Gasteiger charge is 2.29. The molecule has 0 spiro atoms. The van der Waals surface area contributed by atoms with E-state index < -0.39 is 17.6 Å². The van der Waals surface area contributed by atoms with Crippen LogP contribution in [0, 0.1) is 17.2 Å². The number of rotatable bonds is 5. The number of aromatic nitrogens is 1. The molecule has 0 fully saturated rings. The van der Waals surface area contributed by atoms with Crippen LogP contribution in [0.3, 0.4) is 0 Å². The normalized spacial score (nSPS) is 11.6. The van der Waals surface area contributed by atoms with E-state index in [-0.39, 0.29) is 0 Å². The van der Waals surface area contributed by atoms with Gasteiger partial charge in [0.25, 0.3) is 0 Å². The Morgan fingerprint density at radius 3 is 2.54 bits per heavy atom. The molecule has 1 heterocycles. The number of amides is 1. The lowest BCUT2D eigenvalue weighted by Crippen LogP contribution is -2.28. The number of aryl methyl sites for hydroxylation is 1. The summed E-state index contributed by atoms with van der Waals surface area (Å²) < 4.78 is 6.94. The van der Waals surface area contributed by atoms with E-state index in [1.165, 1.54) is 0 Å². The van der Waals surface area contributed by atoms with E-state index >= 15 is 0 Å². The number of fused-ring (bicyclic) bond motifs is 1. The first kappa shape index (κ1) is 17.2. The molecule has 130 valence electrons. The summed E-state index contributed by atoms with van der Waals surface area (Å²) in [7, 11) is 3.41. The fraction of sp³-hybridized carbons (Fsp3) is 0.150. The zero-order valence-corrected chi connectivity index (χ0v) is 14.4. The van der Waals surface area contributed by atoms with Crippen LogP contribution in [0.5, 0.6) is 5.75 Å². The lowest BCUT2D eigenvalue weighted by atomic mass is 9.95. The Morgan fingerprint density at radius 2 is 1.88 bits per heavy atom. The predicted molar refractivity (Wildman–Crippen MR) is 98.0 cm³/mol. The van der Waals surface area contributed by atoms with Crippen LogP contribution in [0.15, 0.2) is 54.7 Å². The predicted octanol–water partition coefficient (Wildman–Crippen LogP) is 3.15. The molecular weight excluding hydrogens is 330 g/mol. The number of nitrogens with zero attached hydrogens (tertiary/aromatic N) is 2. The minimum atomic E-state index is -1.43. The van der Waals surface area contributed by atoms with Crippen molar-refractivity contribution in [2.45, 2.75) is 0 Å². The number of ketones is 1. The molecule has 2 aromatic carbocycles. The summed E-state index contributed by atoms with van der Waals surface area (Å²) in [6.45, 7) is 0. The van der Waals surface area contributed by atoms with Gasteiger partial charge in [-0.15, -0.1) is 0 Å². The van der Waals surface area contributed by atoms with Crippen molar-refractivity contribution < 1.29 is 14.3 Å². The first-order chi connectivity index (χ1) is 12.5. The summed E-state index contributed by atoms with van der Waals surface area (Å²) >= 11 is 0. The van der Waals surface area contributed by atoms with Gasteiger partial charge < -0.3 is 14.6 Å². The molecule has 0 aliphatic carbocycles. The van der Waals surface area contributed by atoms with Crippen molar-refractivity contribution in [1.29, 1.82) is 5.26 Å². The maximum Gasteiger partial charge on any atom is 0.249 e. The van der Waals surface area contributed by atoms with Crippen LogP contribution in [0.2, 0.25) is 0 Å². The first-order valence-corrected chi connectivity index (χ1v) is 7.98. The first-order valence-electron chi connectivity index (χ1n) is 7.98. The average Bonchev–Trinajstić information content (AvgIpc) is 3.04. The molecule has 0 unspecified atom stereocenters. The standard InChI is InChI=1S/C20H17N3O3/c1-23-11-10-15-16(4-3-5-18(15)23)19(24)17(12-21)20(25)22-13-6-8-14(26-2)9-7-13/h3-11,17H,1-2H3,(H,22,25)/t17-/m0/s1. The number of nitrogens with one attached hydrogen (secondary N) is 1. The Labute approximate surface area is 150 Å². The molecule has 0 bridgehead atoms. The van der Waals surface area contributed by atoms with Crippen LogP contribution in [-0.4, -0.2) is 23.4 Å². The second-order valence-corrected chi connectivity index (χ2v) is 5.81. The molecule has 0 radical (unpaired) electrons. The molecule has 6 nitrogen and oxygen atoms in total. The molecular formula is C20H17N3O3. The number of hydrogen-bond donors (Lipinski definition) is 1. The number of nitriles is 1. The third-order valence-electron chi connectivity index (χ3n) is 4.20. The van der Waals surface area contributed by atoms with Crippen LogP contribution >= 0.6 is 0 Å². The van der Waals surface area contributed by atoms with Gasteiger partial charge in [0, 0.05) is 35.4 Å². The van der Waals surface area contributed by atoms with E-state index in [0.29, 0.717) is 17.0 Å². The van der Waals surface area contributed by atoms with Gasteiger partial charge in [-0.1, -0.05) is 12.1 Å². The van der Waals surface area contributed by atoms with Gasteiger partial charge in [-0.2, -0.15) is 5.26 Å². The van der Waals surface area contributed by atoms with Crippen molar-refractivity contribution in [3.8, 4) is 11.8 Å². The Bertz CT molecular complexity index is 1010. The van der Waals surface area contributed by atoms with Gasteiger partial charge in [-0.05, 0) is 36.4 Å². The van der Waals surface area contributed by atoms with E-state index in [1.54, 1.807) is 49.6 Å². The smallest absolute Gasteiger partial charge is 0.249 e. The van der Waals surface area contributed by atoms with Crippen molar-refractivity contribution in [3.05, 3.63) is 60.3 Å². The number of benzene rings is 2. The Kier molecular flexibility index (Phi) is 4.72. The largest absolute Gasteiger partial charge is 0.497 e. The van der Waals surface area contributed by atoms with Gasteiger partial charge in [0.15, 0.2) is 11.7 Å². The van der Waals surface area contributed by atoms with Gasteiger partial charge in [-0.25, -0.2) is 0 Å². The van der Waals surface area contributed by atoms with Crippen LogP contribution < -0.4 is 10.1 Å². The highest BCUT2D eigenvalue weighted by Crippen LogP contribution is 2.23. The van der Waals surface area contributed by atoms with E-state index in [4.69, 9.17) is 4.74 Å². The third-order valence-corrected chi connectivity index (χ3v) is 4.20. The topological polar surface area (TPSA) is 84.1 Å². The molecule has 1 aromatic heterocycles. The third kappa shape index (κ3) is 3.15. The fourth-order valence-corrected chi connectivity index (χ4v) is 2.80. The van der Waals surface area contributed by atoms with Gasteiger partial charge >= 0.3 is 0 Å². The van der Waals surface area contributed by atoms with Gasteiger partial charge in [0.2, 0.25) is 5.91 Å². The van der Waals surface area contributed by atoms with E-state index in [0.717, 1.165) is 10.9 Å². The van der Waals surface area contributed by atoms with Crippen LogP contribution in [0.4, 0.5) is 5.69 Å². The number of carbonyl (C=O) groups excluding carboxylic acids is 2. The number of carbonyl (C=O) groups is 2. The molecule has 1 atom stereocenters. The number of anilines is 1. The molecule has 6 heteroatoms. The van der Waals surface area contributed by atoms with Crippen molar-refractivity contribution in [2.75, 3.05) is 12.4 Å². The number of hydrogen-bond acceptors (Lipinski definition) is 4. The maximum absolute atomic E-state index is 12.8. The zero-order chi connectivity index (χ0) is 18.7. The molecule has 0 saturated heterocycles. The molecule has 1 N–H and O–H groups in total. The number of methoxy groups -OCH3 is 1. The highest BCUT2D eigenvalue weighted by molar-refractivity contribution is 6.19. The zero-order valence-electron chi connectivity index (χ0n) is 14.4. The van der Waals surface area contributed by atoms with Crippen molar-refractivity contribution in [1.82, 2.24) is 4.57 Å². The quantitative estimate of drug-likeness (QED) is 0.568. The van der Waals surface area contributed by atoms with Crippen LogP contribution in [0.1, 0.15) is 10.4 Å². The van der Waals surface area contributed by atoms with E-state index in [2.05, 4.69) is 5.32 Å². The van der Waals surface area contributed by atoms with Crippen LogP contribution in [0.25, 0.3) is 10.9 Å². The SMILES string of the molecule is COc1ccc(NC(=O)[C@@H](C#N)C(=O)c2cccc3c2ccn3C)cc1.